The predicted octanol–water partition coefficient (Wildman–Crippen LogP) is 0.956. The summed E-state index contributed by atoms with van der Waals surface area (Å²) < 4.78 is 6.90. The van der Waals surface area contributed by atoms with Gasteiger partial charge in [0.2, 0.25) is 0 Å². The van der Waals surface area contributed by atoms with Crippen molar-refractivity contribution in [3.63, 3.8) is 0 Å². The number of hydrogen-bond acceptors (Lipinski definition) is 8. The minimum Gasteiger partial charge on any atom is -0.457 e. The second-order valence-corrected chi connectivity index (χ2v) is 9.04. The molecule has 0 atom stereocenters. The molecular weight excluding hydrogens is 480 g/mol. The fourth-order valence-electron chi connectivity index (χ4n) is 3.42. The molecule has 11 heteroatoms. The maximum absolute atomic E-state index is 12.9. The zero-order chi connectivity index (χ0) is 26.2. The topological polar surface area (TPSA) is 132 Å². The van der Waals surface area contributed by atoms with Crippen LogP contribution >= 0.6 is 11.3 Å². The third-order valence-corrected chi connectivity index (χ3v) is 6.36. The molecule has 0 aliphatic heterocycles. The fraction of sp³-hybridized carbons (Fsp3) is 0.280. The van der Waals surface area contributed by atoms with Gasteiger partial charge in [-0.05, 0) is 39.2 Å². The molecule has 1 aromatic carbocycles. The number of nitriles is 1. The van der Waals surface area contributed by atoms with Crippen molar-refractivity contribution in [1.82, 2.24) is 19.8 Å². The molecular formula is C25H28N6O4S. The van der Waals surface area contributed by atoms with E-state index >= 15 is 0 Å². The van der Waals surface area contributed by atoms with Crippen molar-refractivity contribution in [3.05, 3.63) is 62.2 Å². The molecule has 0 saturated heterocycles. The average Bonchev–Trinajstić information content (AvgIpc) is 3.41. The highest BCUT2D eigenvalue weighted by molar-refractivity contribution is 7.07. The first-order chi connectivity index (χ1) is 17.3. The number of rotatable bonds is 10. The Hall–Kier alpha value is -4.14. The number of hydrogen-bond donors (Lipinski definition) is 3. The summed E-state index contributed by atoms with van der Waals surface area (Å²) in [7, 11) is 3.88. The van der Waals surface area contributed by atoms with Crippen molar-refractivity contribution in [1.29, 1.82) is 5.26 Å². The molecule has 36 heavy (non-hydrogen) atoms. The molecule has 3 rings (SSSR count). The molecule has 2 aromatic heterocycles. The molecule has 0 aliphatic rings. The van der Waals surface area contributed by atoms with Gasteiger partial charge in [0, 0.05) is 48.6 Å². The standard InChI is InChI=1S/C25H28N6O4S/c1-5-11-35-25(34)18(13-26)24-31(6-2)23(33)21(36-24)15-28-16-7-8-17-19(14-29-20(17)12-16)22(32)27-9-10-30(3)4/h5,7-8,12,14-15,28-29H,1,6,9-11H2,2-4H3,(H,27,32)/b21-15+,24-18-. The van der Waals surface area contributed by atoms with Crippen LogP contribution in [0.4, 0.5) is 5.69 Å². The number of aromatic amines is 1. The molecule has 0 spiro atoms. The number of benzene rings is 1. The van der Waals surface area contributed by atoms with Crippen LogP contribution in [0, 0.1) is 11.3 Å². The lowest BCUT2D eigenvalue weighted by atomic mass is 10.1. The molecule has 2 heterocycles. The number of amides is 1. The first-order valence-corrected chi connectivity index (χ1v) is 12.0. The van der Waals surface area contributed by atoms with Gasteiger partial charge in [0.1, 0.15) is 21.9 Å². The molecule has 3 N–H and O–H groups in total. The van der Waals surface area contributed by atoms with Gasteiger partial charge in [-0.15, -0.1) is 11.3 Å². The van der Waals surface area contributed by atoms with Crippen molar-refractivity contribution in [2.45, 2.75) is 13.5 Å². The van der Waals surface area contributed by atoms with Gasteiger partial charge in [-0.25, -0.2) is 4.79 Å². The SMILES string of the molecule is C=CCOC(=O)/C(C#N)=c1\s/c(=C/Nc2ccc3c(C(=O)NCCN(C)C)c[nH]c3c2)c(=O)n1CC. The van der Waals surface area contributed by atoms with Crippen LogP contribution in [-0.2, 0) is 16.1 Å². The van der Waals surface area contributed by atoms with Crippen LogP contribution < -0.4 is 25.4 Å². The van der Waals surface area contributed by atoms with Crippen LogP contribution in [0.1, 0.15) is 17.3 Å². The Balaban J connectivity index is 1.89. The molecule has 0 aliphatic carbocycles. The van der Waals surface area contributed by atoms with Crippen molar-refractivity contribution >= 4 is 51.6 Å². The van der Waals surface area contributed by atoms with E-state index in [0.29, 0.717) is 22.3 Å². The first-order valence-electron chi connectivity index (χ1n) is 11.2. The normalized spacial score (nSPS) is 12.4. The third-order valence-electron chi connectivity index (χ3n) is 5.23. The Morgan fingerprint density at radius 1 is 1.36 bits per heavy atom. The molecule has 0 bridgehead atoms. The summed E-state index contributed by atoms with van der Waals surface area (Å²) >= 11 is 1.03. The molecule has 10 nitrogen and oxygen atoms in total. The summed E-state index contributed by atoms with van der Waals surface area (Å²) in [5, 5.41) is 16.3. The number of thiazole rings is 1. The second kappa shape index (κ2) is 12.0. The first kappa shape index (κ1) is 26.5. The maximum Gasteiger partial charge on any atom is 0.352 e. The largest absolute Gasteiger partial charge is 0.457 e. The van der Waals surface area contributed by atoms with Crippen molar-refractivity contribution < 1.29 is 14.3 Å². The van der Waals surface area contributed by atoms with E-state index < -0.39 is 5.97 Å². The Morgan fingerprint density at radius 3 is 2.81 bits per heavy atom. The lowest BCUT2D eigenvalue weighted by molar-refractivity contribution is -0.135. The zero-order valence-corrected chi connectivity index (χ0v) is 21.2. The Bertz CT molecular complexity index is 1510. The highest BCUT2D eigenvalue weighted by atomic mass is 32.1. The summed E-state index contributed by atoms with van der Waals surface area (Å²) in [6.45, 7) is 6.77. The molecule has 1 amide bonds. The average molecular weight is 509 g/mol. The second-order valence-electron chi connectivity index (χ2n) is 8.01. The van der Waals surface area contributed by atoms with E-state index in [2.05, 4.69) is 22.2 Å². The number of esters is 1. The van der Waals surface area contributed by atoms with Crippen LogP contribution in [0.5, 0.6) is 0 Å². The molecule has 0 unspecified atom stereocenters. The Morgan fingerprint density at radius 2 is 2.14 bits per heavy atom. The third kappa shape index (κ3) is 5.91. The van der Waals surface area contributed by atoms with Gasteiger partial charge in [0.25, 0.3) is 11.5 Å². The molecule has 0 fully saturated rings. The highest BCUT2D eigenvalue weighted by Gasteiger charge is 2.16. The number of nitrogens with zero attached hydrogens (tertiary/aromatic N) is 3. The number of likely N-dealkylation sites (N-methyl/N-ethyl adjacent to an activating group) is 1. The number of fused-ring (bicyclic) bond motifs is 1. The minimum atomic E-state index is -0.806. The molecule has 0 saturated carbocycles. The van der Waals surface area contributed by atoms with E-state index in [-0.39, 0.29) is 34.9 Å². The summed E-state index contributed by atoms with van der Waals surface area (Å²) in [5.74, 6) is -0.961. The highest BCUT2D eigenvalue weighted by Crippen LogP contribution is 2.22. The number of carbonyl (C=O) groups is 2. The van der Waals surface area contributed by atoms with E-state index in [1.165, 1.54) is 16.8 Å². The zero-order valence-electron chi connectivity index (χ0n) is 20.4. The smallest absolute Gasteiger partial charge is 0.352 e. The Labute approximate surface area is 211 Å². The summed E-state index contributed by atoms with van der Waals surface area (Å²) in [6.07, 6.45) is 4.60. The van der Waals surface area contributed by atoms with Crippen LogP contribution in [0.25, 0.3) is 22.7 Å². The van der Waals surface area contributed by atoms with Gasteiger partial charge >= 0.3 is 5.97 Å². The number of ether oxygens (including phenoxy) is 1. The monoisotopic (exact) mass is 508 g/mol. The number of nitrogens with one attached hydrogen (secondary N) is 3. The summed E-state index contributed by atoms with van der Waals surface area (Å²) in [4.78, 5) is 42.8. The van der Waals surface area contributed by atoms with E-state index in [9.17, 15) is 19.6 Å². The van der Waals surface area contributed by atoms with E-state index in [0.717, 1.165) is 28.8 Å². The summed E-state index contributed by atoms with van der Waals surface area (Å²) in [6, 6.07) is 7.30. The predicted molar refractivity (Wildman–Crippen MR) is 141 cm³/mol. The van der Waals surface area contributed by atoms with E-state index in [4.69, 9.17) is 4.74 Å². The van der Waals surface area contributed by atoms with Gasteiger partial charge in [0.15, 0.2) is 5.57 Å². The van der Waals surface area contributed by atoms with Gasteiger partial charge in [0.05, 0.1) is 5.56 Å². The fourth-order valence-corrected chi connectivity index (χ4v) is 4.50. The van der Waals surface area contributed by atoms with E-state index in [1.807, 2.05) is 37.2 Å². The molecule has 188 valence electrons. The molecule has 0 radical (unpaired) electrons. The van der Waals surface area contributed by atoms with Crippen LogP contribution in [0.3, 0.4) is 0 Å². The number of aromatic nitrogens is 2. The molecule has 3 aromatic rings. The number of anilines is 1. The number of H-pyrrole nitrogens is 1. The lowest BCUT2D eigenvalue weighted by Gasteiger charge is -2.10. The van der Waals surface area contributed by atoms with E-state index in [1.54, 1.807) is 19.2 Å². The van der Waals surface area contributed by atoms with Crippen molar-refractivity contribution in [2.24, 2.45) is 0 Å². The Kier molecular flexibility index (Phi) is 8.83. The van der Waals surface area contributed by atoms with Gasteiger partial charge in [-0.1, -0.05) is 12.7 Å². The van der Waals surface area contributed by atoms with Crippen molar-refractivity contribution in [2.75, 3.05) is 39.1 Å². The maximum atomic E-state index is 12.9. The van der Waals surface area contributed by atoms with Crippen LogP contribution in [-0.4, -0.2) is 60.1 Å². The van der Waals surface area contributed by atoms with Gasteiger partial charge < -0.3 is 25.3 Å². The van der Waals surface area contributed by atoms with Gasteiger partial charge in [-0.2, -0.15) is 5.26 Å². The van der Waals surface area contributed by atoms with Gasteiger partial charge in [-0.3, -0.25) is 14.2 Å². The number of carbonyl (C=O) groups excluding carboxylic acids is 2. The quantitative estimate of drug-likeness (QED) is 0.274. The van der Waals surface area contributed by atoms with Crippen molar-refractivity contribution in [3.8, 4) is 6.07 Å². The lowest BCUT2D eigenvalue weighted by Crippen LogP contribution is -2.32. The van der Waals surface area contributed by atoms with Crippen LogP contribution in [0.15, 0.2) is 41.8 Å². The summed E-state index contributed by atoms with van der Waals surface area (Å²) in [5.41, 5.74) is 1.44. The van der Waals surface area contributed by atoms with Crippen LogP contribution in [0.2, 0.25) is 0 Å². The minimum absolute atomic E-state index is 0.0348.